The molecule has 1 amide bonds. The summed E-state index contributed by atoms with van der Waals surface area (Å²) in [5, 5.41) is 24.3. The number of nitrogens with one attached hydrogen (secondary N) is 1. The lowest BCUT2D eigenvalue weighted by Gasteiger charge is -2.40. The first-order valence-corrected chi connectivity index (χ1v) is 13.5. The van der Waals surface area contributed by atoms with Crippen LogP contribution in [0.15, 0.2) is 21.8 Å². The Kier molecular flexibility index (Phi) is 5.08. The Morgan fingerprint density at radius 3 is 2.82 bits per heavy atom. The highest BCUT2D eigenvalue weighted by molar-refractivity contribution is 7.99. The third kappa shape index (κ3) is 3.06. The lowest BCUT2D eigenvalue weighted by molar-refractivity contribution is -0.157. The van der Waals surface area contributed by atoms with Gasteiger partial charge in [0, 0.05) is 33.2 Å². The van der Waals surface area contributed by atoms with Gasteiger partial charge in [-0.25, -0.2) is 14.2 Å². The molecule has 0 bridgehead atoms. The molecule has 2 aromatic heterocycles. The van der Waals surface area contributed by atoms with E-state index >= 15 is 0 Å². The lowest BCUT2D eigenvalue weighted by atomic mass is 9.68. The summed E-state index contributed by atoms with van der Waals surface area (Å²) >= 11 is 1.46. The van der Waals surface area contributed by atoms with E-state index in [4.69, 9.17) is 9.72 Å². The number of fused-ring (bicyclic) bond motifs is 5. The fourth-order valence-electron chi connectivity index (χ4n) is 6.16. The van der Waals surface area contributed by atoms with E-state index in [1.165, 1.54) is 22.4 Å². The molecule has 3 aromatic rings. The van der Waals surface area contributed by atoms with Crippen molar-refractivity contribution in [3.63, 3.8) is 0 Å². The monoisotopic (exact) mass is 537 g/mol. The topological polar surface area (TPSA) is 131 Å². The van der Waals surface area contributed by atoms with Crippen LogP contribution in [0.4, 0.5) is 4.39 Å². The van der Waals surface area contributed by atoms with Crippen LogP contribution < -0.4 is 10.9 Å². The van der Waals surface area contributed by atoms with Gasteiger partial charge in [0.25, 0.3) is 5.56 Å². The van der Waals surface area contributed by atoms with Crippen LogP contribution in [0.1, 0.15) is 59.2 Å². The number of carbonyl (C=O) groups is 2. The number of ether oxygens (including phenoxy) is 1. The van der Waals surface area contributed by atoms with E-state index in [2.05, 4.69) is 5.32 Å². The number of hydrogen-bond donors (Lipinski definition) is 3. The van der Waals surface area contributed by atoms with Crippen LogP contribution in [0.2, 0.25) is 0 Å². The molecule has 9 nitrogen and oxygen atoms in total. The van der Waals surface area contributed by atoms with E-state index in [0.29, 0.717) is 41.1 Å². The highest BCUT2D eigenvalue weighted by atomic mass is 32.2. The summed E-state index contributed by atoms with van der Waals surface area (Å²) in [4.78, 5) is 44.3. The first-order chi connectivity index (χ1) is 18.2. The molecule has 1 fully saturated rings. The van der Waals surface area contributed by atoms with Crippen LogP contribution in [-0.4, -0.2) is 44.0 Å². The molecule has 2 unspecified atom stereocenters. The molecular weight excluding hydrogens is 513 g/mol. The minimum absolute atomic E-state index is 0.178. The van der Waals surface area contributed by atoms with Gasteiger partial charge in [-0.1, -0.05) is 6.42 Å². The number of nitrogens with zero attached hydrogens (tertiary/aromatic N) is 2. The third-order valence-corrected chi connectivity index (χ3v) is 9.87. The molecule has 3 N–H and O–H groups in total. The predicted molar refractivity (Wildman–Crippen MR) is 135 cm³/mol. The molecule has 0 saturated heterocycles. The first kappa shape index (κ1) is 23.8. The van der Waals surface area contributed by atoms with Crippen molar-refractivity contribution in [2.75, 3.05) is 12.4 Å². The summed E-state index contributed by atoms with van der Waals surface area (Å²) in [6, 6.07) is 2.52. The fourth-order valence-corrected chi connectivity index (χ4v) is 7.41. The predicted octanol–water partition coefficient (Wildman–Crippen LogP) is 2.39. The van der Waals surface area contributed by atoms with Crippen molar-refractivity contribution in [2.45, 2.75) is 56.4 Å². The first-order valence-electron chi connectivity index (χ1n) is 12.6. The van der Waals surface area contributed by atoms with Gasteiger partial charge < -0.3 is 24.8 Å². The molecule has 196 valence electrons. The summed E-state index contributed by atoms with van der Waals surface area (Å²) in [5.74, 6) is -0.968. The number of amides is 1. The molecule has 11 heteroatoms. The van der Waals surface area contributed by atoms with Crippen LogP contribution in [0.3, 0.4) is 0 Å². The smallest absolute Gasteiger partial charge is 0.340 e. The number of aliphatic hydroxyl groups is 2. The summed E-state index contributed by atoms with van der Waals surface area (Å²) in [6.07, 6.45) is 0.544. The SMILES string of the molecule is Cc1c(F)cc2nc3c(c4c2c1SCC4NC(=O)C1(CO)CCC1)Cn1c-3cc2c(c1=O)COC(=O)C2O. The molecule has 1 aliphatic carbocycles. The van der Waals surface area contributed by atoms with Crippen molar-refractivity contribution in [3.05, 3.63) is 56.1 Å². The summed E-state index contributed by atoms with van der Waals surface area (Å²) in [5.41, 5.74) is 2.54. The number of hydrogen-bond acceptors (Lipinski definition) is 8. The number of carbonyl (C=O) groups excluding carboxylic acids is 2. The van der Waals surface area contributed by atoms with Crippen molar-refractivity contribution in [2.24, 2.45) is 5.41 Å². The number of pyridine rings is 2. The maximum Gasteiger partial charge on any atom is 0.340 e. The van der Waals surface area contributed by atoms with Gasteiger partial charge in [-0.2, -0.15) is 0 Å². The van der Waals surface area contributed by atoms with E-state index in [1.807, 2.05) is 0 Å². The summed E-state index contributed by atoms with van der Waals surface area (Å²) in [7, 11) is 0. The highest BCUT2D eigenvalue weighted by Gasteiger charge is 2.45. The van der Waals surface area contributed by atoms with Crippen LogP contribution >= 0.6 is 11.8 Å². The van der Waals surface area contributed by atoms with Gasteiger partial charge in [0.15, 0.2) is 6.10 Å². The van der Waals surface area contributed by atoms with Crippen molar-refractivity contribution in [3.8, 4) is 11.4 Å². The lowest BCUT2D eigenvalue weighted by Crippen LogP contribution is -2.49. The number of halogens is 1. The minimum atomic E-state index is -1.58. The summed E-state index contributed by atoms with van der Waals surface area (Å²) < 4.78 is 21.5. The van der Waals surface area contributed by atoms with Crippen molar-refractivity contribution in [1.29, 1.82) is 0 Å². The number of aliphatic hydroxyl groups excluding tert-OH is 2. The van der Waals surface area contributed by atoms with E-state index in [0.717, 1.165) is 27.8 Å². The normalized spacial score (nSPS) is 22.3. The van der Waals surface area contributed by atoms with E-state index in [1.54, 1.807) is 13.0 Å². The Hall–Kier alpha value is -3.28. The van der Waals surface area contributed by atoms with Gasteiger partial charge in [0.2, 0.25) is 5.91 Å². The molecule has 1 saturated carbocycles. The molecule has 38 heavy (non-hydrogen) atoms. The zero-order valence-electron chi connectivity index (χ0n) is 20.5. The average Bonchev–Trinajstić information content (AvgIpc) is 3.24. The second-order valence-corrected chi connectivity index (χ2v) is 11.6. The molecule has 5 heterocycles. The molecule has 1 aromatic carbocycles. The third-order valence-electron chi connectivity index (χ3n) is 8.57. The summed E-state index contributed by atoms with van der Waals surface area (Å²) in [6.45, 7) is 1.44. The van der Waals surface area contributed by atoms with Crippen molar-refractivity contribution in [1.82, 2.24) is 14.9 Å². The number of thioether (sulfide) groups is 1. The largest absolute Gasteiger partial charge is 0.458 e. The van der Waals surface area contributed by atoms with Gasteiger partial charge in [0.05, 0.1) is 47.1 Å². The Balaban J connectivity index is 1.45. The number of cyclic esters (lactones) is 1. The second kappa shape index (κ2) is 8.11. The Morgan fingerprint density at radius 1 is 1.32 bits per heavy atom. The zero-order valence-corrected chi connectivity index (χ0v) is 21.3. The van der Waals surface area contributed by atoms with E-state index in [9.17, 15) is 29.0 Å². The van der Waals surface area contributed by atoms with Gasteiger partial charge in [-0.3, -0.25) is 9.59 Å². The number of aromatic nitrogens is 2. The fraction of sp³-hybridized carbons (Fsp3) is 0.407. The average molecular weight is 538 g/mol. The molecular formula is C27H24FN3O6S. The zero-order chi connectivity index (χ0) is 26.5. The van der Waals surface area contributed by atoms with Gasteiger partial charge in [-0.05, 0) is 37.0 Å². The highest BCUT2D eigenvalue weighted by Crippen LogP contribution is 2.49. The number of esters is 1. The van der Waals surface area contributed by atoms with Gasteiger partial charge >= 0.3 is 5.97 Å². The number of benzene rings is 1. The van der Waals surface area contributed by atoms with Crippen LogP contribution in [0.5, 0.6) is 0 Å². The van der Waals surface area contributed by atoms with Crippen molar-refractivity contribution < 1.29 is 28.9 Å². The molecule has 4 aliphatic rings. The van der Waals surface area contributed by atoms with E-state index in [-0.39, 0.29) is 42.4 Å². The van der Waals surface area contributed by atoms with Crippen molar-refractivity contribution >= 4 is 34.5 Å². The van der Waals surface area contributed by atoms with Crippen LogP contribution in [0.25, 0.3) is 22.3 Å². The quantitative estimate of drug-likeness (QED) is 0.340. The molecule has 0 spiro atoms. The maximum absolute atomic E-state index is 15.0. The molecule has 0 radical (unpaired) electrons. The Bertz CT molecular complexity index is 1660. The molecule has 3 aliphatic heterocycles. The Morgan fingerprint density at radius 2 is 2.11 bits per heavy atom. The van der Waals surface area contributed by atoms with E-state index < -0.39 is 29.3 Å². The standard InChI is InChI=1S/C27H24FN3O6S/c1-11-15(28)6-16-20-19(17(9-38-23(11)20)30-26(36)27(10-32)3-2-4-27)13-7-31-18(21(13)29-16)5-12-14(24(31)34)8-37-25(35)22(12)33/h5-6,17,22,32-33H,2-4,7-10H2,1H3,(H,30,36). The van der Waals surface area contributed by atoms with Crippen LogP contribution in [0, 0.1) is 18.2 Å². The van der Waals surface area contributed by atoms with Crippen LogP contribution in [-0.2, 0) is 27.5 Å². The minimum Gasteiger partial charge on any atom is -0.458 e. The second-order valence-electron chi connectivity index (χ2n) is 10.6. The maximum atomic E-state index is 15.0. The molecule has 2 atom stereocenters. The van der Waals surface area contributed by atoms with Gasteiger partial charge in [0.1, 0.15) is 12.4 Å². The Labute approximate surface area is 220 Å². The molecule has 7 rings (SSSR count). The van der Waals surface area contributed by atoms with Gasteiger partial charge in [-0.15, -0.1) is 11.8 Å². The number of rotatable bonds is 3.